The molecule has 98 valence electrons. The monoisotopic (exact) mass is 244 g/mol. The van der Waals surface area contributed by atoms with Gasteiger partial charge in [0.05, 0.1) is 0 Å². The third kappa shape index (κ3) is 2.05. The summed E-state index contributed by atoms with van der Waals surface area (Å²) in [6.07, 6.45) is 2.17. The second-order valence-electron chi connectivity index (χ2n) is 5.12. The number of rotatable bonds is 4. The number of nitrogens with one attached hydrogen (secondary N) is 2. The van der Waals surface area contributed by atoms with Crippen LogP contribution in [0.5, 0.6) is 0 Å². The van der Waals surface area contributed by atoms with E-state index in [-0.39, 0.29) is 0 Å². The number of aromatic amines is 1. The highest BCUT2D eigenvalue weighted by atomic mass is 14.9. The molecule has 0 spiro atoms. The standard InChI is InChI=1S/C16H24N2/c1-6-13(17-5)15-12-9-10(3)8-11(4)16(12)18-14(15)7-2/h8-9,13,17-18H,6-7H2,1-5H3. The van der Waals surface area contributed by atoms with Crippen molar-refractivity contribution >= 4 is 10.9 Å². The molecule has 0 saturated heterocycles. The Morgan fingerprint density at radius 3 is 2.50 bits per heavy atom. The molecule has 0 aliphatic heterocycles. The van der Waals surface area contributed by atoms with Crippen LogP contribution in [0.2, 0.25) is 0 Å². The van der Waals surface area contributed by atoms with Crippen LogP contribution in [-0.2, 0) is 6.42 Å². The Morgan fingerprint density at radius 1 is 1.22 bits per heavy atom. The molecule has 0 aliphatic rings. The lowest BCUT2D eigenvalue weighted by Gasteiger charge is -2.15. The summed E-state index contributed by atoms with van der Waals surface area (Å²) in [6.45, 7) is 8.82. The fraction of sp³-hybridized carbons (Fsp3) is 0.500. The maximum absolute atomic E-state index is 3.62. The number of benzene rings is 1. The largest absolute Gasteiger partial charge is 0.358 e. The highest BCUT2D eigenvalue weighted by molar-refractivity contribution is 5.88. The van der Waals surface area contributed by atoms with Crippen LogP contribution in [0.3, 0.4) is 0 Å². The van der Waals surface area contributed by atoms with E-state index < -0.39 is 0 Å². The van der Waals surface area contributed by atoms with Crippen LogP contribution >= 0.6 is 0 Å². The van der Waals surface area contributed by atoms with E-state index in [0.717, 1.165) is 12.8 Å². The van der Waals surface area contributed by atoms with Crippen molar-refractivity contribution in [2.24, 2.45) is 0 Å². The Labute approximate surface area is 110 Å². The van der Waals surface area contributed by atoms with Crippen LogP contribution in [0.15, 0.2) is 12.1 Å². The highest BCUT2D eigenvalue weighted by Gasteiger charge is 2.18. The first-order chi connectivity index (χ1) is 8.62. The molecule has 1 heterocycles. The first-order valence-electron chi connectivity index (χ1n) is 6.91. The van der Waals surface area contributed by atoms with Gasteiger partial charge in [-0.1, -0.05) is 25.5 Å². The Bertz CT molecular complexity index is 548. The molecule has 2 heteroatoms. The van der Waals surface area contributed by atoms with Crippen molar-refractivity contribution in [2.45, 2.75) is 46.6 Å². The van der Waals surface area contributed by atoms with Gasteiger partial charge >= 0.3 is 0 Å². The number of aromatic nitrogens is 1. The molecule has 1 aromatic heterocycles. The number of hydrogen-bond acceptors (Lipinski definition) is 1. The molecule has 0 radical (unpaired) electrons. The zero-order valence-electron chi connectivity index (χ0n) is 12.1. The van der Waals surface area contributed by atoms with E-state index in [1.54, 1.807) is 0 Å². The Balaban J connectivity index is 2.75. The summed E-state index contributed by atoms with van der Waals surface area (Å²) >= 11 is 0. The lowest BCUT2D eigenvalue weighted by atomic mass is 9.97. The van der Waals surface area contributed by atoms with E-state index in [2.05, 4.69) is 57.2 Å². The summed E-state index contributed by atoms with van der Waals surface area (Å²) in [6, 6.07) is 5.00. The highest BCUT2D eigenvalue weighted by Crippen LogP contribution is 2.32. The summed E-state index contributed by atoms with van der Waals surface area (Å²) in [5, 5.41) is 4.83. The molecule has 1 atom stereocenters. The molecular formula is C16H24N2. The minimum atomic E-state index is 0.440. The third-order valence-corrected chi connectivity index (χ3v) is 3.83. The van der Waals surface area contributed by atoms with E-state index in [9.17, 15) is 0 Å². The van der Waals surface area contributed by atoms with Gasteiger partial charge in [-0.25, -0.2) is 0 Å². The Morgan fingerprint density at radius 2 is 1.94 bits per heavy atom. The summed E-state index contributed by atoms with van der Waals surface area (Å²) in [5.41, 5.74) is 6.83. The quantitative estimate of drug-likeness (QED) is 0.835. The summed E-state index contributed by atoms with van der Waals surface area (Å²) < 4.78 is 0. The van der Waals surface area contributed by atoms with Gasteiger partial charge in [0.2, 0.25) is 0 Å². The van der Waals surface area contributed by atoms with Crippen molar-refractivity contribution in [3.63, 3.8) is 0 Å². The fourth-order valence-electron chi connectivity index (χ4n) is 2.96. The van der Waals surface area contributed by atoms with E-state index in [0.29, 0.717) is 6.04 Å². The molecule has 18 heavy (non-hydrogen) atoms. The van der Waals surface area contributed by atoms with Crippen LogP contribution in [0.4, 0.5) is 0 Å². The molecular weight excluding hydrogens is 220 g/mol. The van der Waals surface area contributed by atoms with Crippen molar-refractivity contribution in [1.29, 1.82) is 0 Å². The minimum absolute atomic E-state index is 0.440. The van der Waals surface area contributed by atoms with Gasteiger partial charge in [0.15, 0.2) is 0 Å². The number of hydrogen-bond donors (Lipinski definition) is 2. The SMILES string of the molecule is CCc1[nH]c2c(C)cc(C)cc2c1C(CC)NC. The van der Waals surface area contributed by atoms with Gasteiger partial charge in [-0.05, 0) is 50.9 Å². The van der Waals surface area contributed by atoms with Gasteiger partial charge in [0.25, 0.3) is 0 Å². The van der Waals surface area contributed by atoms with Crippen LogP contribution in [0.25, 0.3) is 10.9 Å². The zero-order valence-corrected chi connectivity index (χ0v) is 12.1. The fourth-order valence-corrected chi connectivity index (χ4v) is 2.96. The van der Waals surface area contributed by atoms with E-state index in [1.807, 2.05) is 0 Å². The van der Waals surface area contributed by atoms with Crippen molar-refractivity contribution < 1.29 is 0 Å². The summed E-state index contributed by atoms with van der Waals surface area (Å²) in [7, 11) is 2.05. The molecule has 2 N–H and O–H groups in total. The van der Waals surface area contributed by atoms with Crippen LogP contribution in [-0.4, -0.2) is 12.0 Å². The smallest absolute Gasteiger partial charge is 0.0489 e. The molecule has 0 aliphatic carbocycles. The van der Waals surface area contributed by atoms with Crippen molar-refractivity contribution in [3.8, 4) is 0 Å². The molecule has 1 aromatic carbocycles. The van der Waals surface area contributed by atoms with Gasteiger partial charge in [-0.2, -0.15) is 0 Å². The van der Waals surface area contributed by atoms with Crippen molar-refractivity contribution in [3.05, 3.63) is 34.5 Å². The second-order valence-corrected chi connectivity index (χ2v) is 5.12. The molecule has 0 bridgehead atoms. The maximum Gasteiger partial charge on any atom is 0.0489 e. The molecule has 0 fully saturated rings. The normalized spacial score (nSPS) is 13.2. The van der Waals surface area contributed by atoms with Crippen molar-refractivity contribution in [1.82, 2.24) is 10.3 Å². The number of fused-ring (bicyclic) bond motifs is 1. The lowest BCUT2D eigenvalue weighted by Crippen LogP contribution is -2.16. The Hall–Kier alpha value is -1.28. The molecule has 0 saturated carbocycles. The predicted octanol–water partition coefficient (Wildman–Crippen LogP) is 4.02. The minimum Gasteiger partial charge on any atom is -0.358 e. The van der Waals surface area contributed by atoms with Crippen LogP contribution in [0, 0.1) is 13.8 Å². The number of H-pyrrole nitrogens is 1. The third-order valence-electron chi connectivity index (χ3n) is 3.83. The molecule has 2 nitrogen and oxygen atoms in total. The average molecular weight is 244 g/mol. The molecule has 0 amide bonds. The molecule has 2 aromatic rings. The van der Waals surface area contributed by atoms with Crippen LogP contribution < -0.4 is 5.32 Å². The zero-order chi connectivity index (χ0) is 13.3. The predicted molar refractivity (Wildman–Crippen MR) is 79.2 cm³/mol. The summed E-state index contributed by atoms with van der Waals surface area (Å²) in [5.74, 6) is 0. The van der Waals surface area contributed by atoms with Gasteiger partial charge in [-0.15, -0.1) is 0 Å². The van der Waals surface area contributed by atoms with Gasteiger partial charge < -0.3 is 10.3 Å². The summed E-state index contributed by atoms with van der Waals surface area (Å²) in [4.78, 5) is 3.62. The topological polar surface area (TPSA) is 27.8 Å². The van der Waals surface area contributed by atoms with E-state index in [1.165, 1.54) is 33.3 Å². The van der Waals surface area contributed by atoms with Crippen LogP contribution in [0.1, 0.15) is 48.7 Å². The van der Waals surface area contributed by atoms with Crippen molar-refractivity contribution in [2.75, 3.05) is 7.05 Å². The lowest BCUT2D eigenvalue weighted by molar-refractivity contribution is 0.575. The van der Waals surface area contributed by atoms with E-state index >= 15 is 0 Å². The van der Waals surface area contributed by atoms with E-state index in [4.69, 9.17) is 0 Å². The molecule has 2 rings (SSSR count). The Kier molecular flexibility index (Phi) is 3.76. The first-order valence-corrected chi connectivity index (χ1v) is 6.91. The molecule has 1 unspecified atom stereocenters. The second kappa shape index (κ2) is 5.15. The maximum atomic E-state index is 3.62. The van der Waals surface area contributed by atoms with Gasteiger partial charge in [0, 0.05) is 22.6 Å². The van der Waals surface area contributed by atoms with Gasteiger partial charge in [-0.3, -0.25) is 0 Å². The first kappa shape index (κ1) is 13.2. The van der Waals surface area contributed by atoms with Gasteiger partial charge in [0.1, 0.15) is 0 Å². The number of aryl methyl sites for hydroxylation is 3. The average Bonchev–Trinajstić information content (AvgIpc) is 2.70.